The Morgan fingerprint density at radius 2 is 2.12 bits per heavy atom. The van der Waals surface area contributed by atoms with E-state index < -0.39 is 0 Å². The van der Waals surface area contributed by atoms with Crippen LogP contribution in [0.2, 0.25) is 0 Å². The topological polar surface area (TPSA) is 29.4 Å². The Morgan fingerprint density at radius 1 is 1.31 bits per heavy atom. The summed E-state index contributed by atoms with van der Waals surface area (Å²) in [5, 5.41) is 0.655. The van der Waals surface area contributed by atoms with Gasteiger partial charge in [0.25, 0.3) is 0 Å². The van der Waals surface area contributed by atoms with Crippen LogP contribution in [-0.4, -0.2) is 11.5 Å². The highest BCUT2D eigenvalue weighted by Crippen LogP contribution is 2.34. The zero-order chi connectivity index (χ0) is 11.1. The first-order valence-corrected chi connectivity index (χ1v) is 6.04. The van der Waals surface area contributed by atoms with Gasteiger partial charge in [-0.1, -0.05) is 17.7 Å². The van der Waals surface area contributed by atoms with Crippen LogP contribution in [0.25, 0.3) is 0 Å². The second-order valence-corrected chi connectivity index (χ2v) is 4.84. The van der Waals surface area contributed by atoms with Gasteiger partial charge in [0, 0.05) is 16.3 Å². The van der Waals surface area contributed by atoms with Crippen molar-refractivity contribution in [3.05, 3.63) is 34.5 Å². The highest BCUT2D eigenvalue weighted by molar-refractivity contribution is 6.35. The molecule has 3 rings (SSSR count). The quantitative estimate of drug-likeness (QED) is 0.632. The van der Waals surface area contributed by atoms with Crippen LogP contribution < -0.4 is 0 Å². The lowest BCUT2D eigenvalue weighted by molar-refractivity contribution is -0.116. The molecule has 0 saturated carbocycles. The molecule has 1 heterocycles. The van der Waals surface area contributed by atoms with E-state index in [0.29, 0.717) is 5.03 Å². The normalized spacial score (nSPS) is 28.3. The van der Waals surface area contributed by atoms with Crippen LogP contribution in [0.15, 0.2) is 39.5 Å². The molecule has 0 aromatic carbocycles. The molecule has 16 heavy (non-hydrogen) atoms. The number of hydrogen-bond acceptors (Lipinski definition) is 2. The van der Waals surface area contributed by atoms with Crippen LogP contribution in [0.3, 0.4) is 0 Å². The van der Waals surface area contributed by atoms with E-state index in [9.17, 15) is 4.79 Å². The van der Waals surface area contributed by atoms with Crippen LogP contribution in [0.5, 0.6) is 0 Å². The smallest absolute Gasteiger partial charge is 0.173 e. The number of aliphatic imine (C=N–C) groups is 1. The van der Waals surface area contributed by atoms with Crippen LogP contribution in [0.1, 0.15) is 25.7 Å². The molecule has 3 aliphatic rings. The third-order valence-electron chi connectivity index (χ3n) is 3.33. The molecule has 2 aliphatic carbocycles. The van der Waals surface area contributed by atoms with Crippen LogP contribution >= 0.6 is 11.6 Å². The van der Waals surface area contributed by atoms with Crippen molar-refractivity contribution in [3.63, 3.8) is 0 Å². The first-order chi connectivity index (χ1) is 7.75. The van der Waals surface area contributed by atoms with Crippen molar-refractivity contribution < 1.29 is 4.79 Å². The zero-order valence-electron chi connectivity index (χ0n) is 8.87. The second kappa shape index (κ2) is 3.70. The summed E-state index contributed by atoms with van der Waals surface area (Å²) in [6.45, 7) is 0. The summed E-state index contributed by atoms with van der Waals surface area (Å²) >= 11 is 5.93. The fourth-order valence-corrected chi connectivity index (χ4v) is 2.70. The first-order valence-electron chi connectivity index (χ1n) is 5.66. The number of carbonyl (C=O) groups excluding carboxylic acids is 1. The number of allylic oxidation sites excluding steroid dienone is 6. The molecule has 0 spiro atoms. The summed E-state index contributed by atoms with van der Waals surface area (Å²) in [5.74, 6) is 0.0516. The van der Waals surface area contributed by atoms with E-state index in [0.717, 1.165) is 42.7 Å². The number of fused-ring (bicyclic) bond motifs is 1. The molecule has 1 unspecified atom stereocenters. The molecule has 2 nitrogen and oxygen atoms in total. The Bertz CT molecular complexity index is 482. The van der Waals surface area contributed by atoms with Gasteiger partial charge >= 0.3 is 0 Å². The van der Waals surface area contributed by atoms with Crippen molar-refractivity contribution in [2.24, 2.45) is 10.9 Å². The van der Waals surface area contributed by atoms with Gasteiger partial charge in [0.2, 0.25) is 0 Å². The SMILES string of the molecule is O=C1C2=C(CCCC2)N=C2C=C(Cl)C=CC12. The molecule has 0 bridgehead atoms. The molecule has 0 N–H and O–H groups in total. The van der Waals surface area contributed by atoms with Crippen molar-refractivity contribution in [1.82, 2.24) is 0 Å². The van der Waals surface area contributed by atoms with Crippen molar-refractivity contribution in [2.45, 2.75) is 25.7 Å². The van der Waals surface area contributed by atoms with Crippen LogP contribution in [-0.2, 0) is 4.79 Å². The van der Waals surface area contributed by atoms with Crippen LogP contribution in [0, 0.1) is 5.92 Å². The minimum Gasteiger partial charge on any atom is -0.293 e. The molecule has 0 aromatic rings. The number of carbonyl (C=O) groups is 1. The Kier molecular flexibility index (Phi) is 2.32. The first kappa shape index (κ1) is 10.0. The van der Waals surface area contributed by atoms with Gasteiger partial charge in [-0.25, -0.2) is 0 Å². The Morgan fingerprint density at radius 3 is 3.00 bits per heavy atom. The fraction of sp³-hybridized carbons (Fsp3) is 0.385. The fourth-order valence-electron chi connectivity index (χ4n) is 2.51. The average molecular weight is 234 g/mol. The van der Waals surface area contributed by atoms with E-state index in [-0.39, 0.29) is 11.7 Å². The summed E-state index contributed by atoms with van der Waals surface area (Å²) in [6.07, 6.45) is 9.55. The number of halogens is 1. The van der Waals surface area contributed by atoms with Gasteiger partial charge in [-0.2, -0.15) is 0 Å². The summed E-state index contributed by atoms with van der Waals surface area (Å²) in [5.41, 5.74) is 2.77. The maximum absolute atomic E-state index is 12.2. The number of hydrogen-bond donors (Lipinski definition) is 0. The van der Waals surface area contributed by atoms with E-state index in [2.05, 4.69) is 4.99 Å². The second-order valence-electron chi connectivity index (χ2n) is 4.40. The monoisotopic (exact) mass is 233 g/mol. The molecule has 1 atom stereocenters. The van der Waals surface area contributed by atoms with Gasteiger partial charge < -0.3 is 0 Å². The van der Waals surface area contributed by atoms with Gasteiger partial charge in [0.1, 0.15) is 0 Å². The largest absolute Gasteiger partial charge is 0.293 e. The van der Waals surface area contributed by atoms with Crippen molar-refractivity contribution in [2.75, 3.05) is 0 Å². The summed E-state index contributed by atoms with van der Waals surface area (Å²) < 4.78 is 0. The Balaban J connectivity index is 2.08. The lowest BCUT2D eigenvalue weighted by Crippen LogP contribution is -2.29. The van der Waals surface area contributed by atoms with Gasteiger partial charge in [-0.05, 0) is 37.8 Å². The van der Waals surface area contributed by atoms with E-state index in [1.165, 1.54) is 0 Å². The number of Topliss-reactive ketones (excluding diaryl/α,β-unsaturated/α-hetero) is 1. The zero-order valence-corrected chi connectivity index (χ0v) is 9.63. The highest BCUT2D eigenvalue weighted by Gasteiger charge is 2.32. The third-order valence-corrected chi connectivity index (χ3v) is 3.57. The van der Waals surface area contributed by atoms with Crippen molar-refractivity contribution in [3.8, 4) is 0 Å². The van der Waals surface area contributed by atoms with Crippen molar-refractivity contribution >= 4 is 23.1 Å². The molecule has 0 saturated heterocycles. The van der Waals surface area contributed by atoms with Gasteiger partial charge in [-0.3, -0.25) is 9.79 Å². The molecule has 82 valence electrons. The molecule has 0 aromatic heterocycles. The summed E-state index contributed by atoms with van der Waals surface area (Å²) in [4.78, 5) is 16.8. The number of nitrogens with zero attached hydrogens (tertiary/aromatic N) is 1. The molecule has 1 aliphatic heterocycles. The molecular formula is C13H12ClNO. The van der Waals surface area contributed by atoms with E-state index in [1.807, 2.05) is 12.2 Å². The number of ketones is 1. The maximum Gasteiger partial charge on any atom is 0.173 e. The van der Waals surface area contributed by atoms with E-state index in [1.54, 1.807) is 6.08 Å². The van der Waals surface area contributed by atoms with E-state index in [4.69, 9.17) is 11.6 Å². The van der Waals surface area contributed by atoms with Crippen LogP contribution in [0.4, 0.5) is 0 Å². The Hall–Kier alpha value is -1.15. The molecule has 3 heteroatoms. The van der Waals surface area contributed by atoms with Gasteiger partial charge in [0.05, 0.1) is 11.6 Å². The minimum atomic E-state index is -0.181. The highest BCUT2D eigenvalue weighted by atomic mass is 35.5. The summed E-state index contributed by atoms with van der Waals surface area (Å²) in [7, 11) is 0. The van der Waals surface area contributed by atoms with Gasteiger partial charge in [0.15, 0.2) is 5.78 Å². The molecule has 0 fully saturated rings. The maximum atomic E-state index is 12.2. The predicted octanol–water partition coefficient (Wildman–Crippen LogP) is 3.15. The lowest BCUT2D eigenvalue weighted by atomic mass is 9.81. The third kappa shape index (κ3) is 1.49. The average Bonchev–Trinajstić information content (AvgIpc) is 2.29. The molecular weight excluding hydrogens is 222 g/mol. The van der Waals surface area contributed by atoms with Crippen molar-refractivity contribution in [1.29, 1.82) is 0 Å². The van der Waals surface area contributed by atoms with Gasteiger partial charge in [-0.15, -0.1) is 0 Å². The predicted molar refractivity (Wildman–Crippen MR) is 64.5 cm³/mol. The lowest BCUT2D eigenvalue weighted by Gasteiger charge is -2.26. The van der Waals surface area contributed by atoms with E-state index >= 15 is 0 Å². The summed E-state index contributed by atoms with van der Waals surface area (Å²) in [6, 6.07) is 0. The standard InChI is InChI=1S/C13H12ClNO/c14-8-5-6-10-12(7-8)15-11-4-2-1-3-9(11)13(10)16/h5-7,10H,1-4H2. The molecule has 0 amide bonds. The molecule has 0 radical (unpaired) electrons. The Labute approximate surface area is 99.4 Å². The minimum absolute atomic E-state index is 0.181. The number of rotatable bonds is 0.